The van der Waals surface area contributed by atoms with Gasteiger partial charge in [-0.05, 0) is 54.0 Å². The van der Waals surface area contributed by atoms with Crippen molar-refractivity contribution in [1.29, 1.82) is 0 Å². The number of nitrogens with zero attached hydrogens (tertiary/aromatic N) is 3. The maximum atomic E-state index is 12.6. The van der Waals surface area contributed by atoms with Crippen molar-refractivity contribution in [3.63, 3.8) is 0 Å². The molecule has 26 heavy (non-hydrogen) atoms. The summed E-state index contributed by atoms with van der Waals surface area (Å²) in [6, 6.07) is 12.8. The SMILES string of the molecule is O=C(Nc1ccc2[nH]nc(-c3ccoc3)c2c1)c1ccc2snnc2c1. The Morgan fingerprint density at radius 3 is 3.00 bits per heavy atom. The van der Waals surface area contributed by atoms with E-state index in [1.54, 1.807) is 24.7 Å². The minimum absolute atomic E-state index is 0.201. The van der Waals surface area contributed by atoms with E-state index in [1.807, 2.05) is 30.3 Å². The largest absolute Gasteiger partial charge is 0.472 e. The second-order valence-electron chi connectivity index (χ2n) is 5.75. The molecule has 3 aromatic heterocycles. The Hall–Kier alpha value is -3.52. The molecule has 0 fully saturated rings. The van der Waals surface area contributed by atoms with Crippen LogP contribution >= 0.6 is 11.5 Å². The van der Waals surface area contributed by atoms with Gasteiger partial charge >= 0.3 is 0 Å². The van der Waals surface area contributed by atoms with Gasteiger partial charge in [0.2, 0.25) is 0 Å². The molecule has 7 nitrogen and oxygen atoms in total. The molecule has 0 saturated heterocycles. The third-order valence-corrected chi connectivity index (χ3v) is 4.83. The van der Waals surface area contributed by atoms with Gasteiger partial charge in [-0.15, -0.1) is 5.10 Å². The number of nitrogens with one attached hydrogen (secondary N) is 2. The van der Waals surface area contributed by atoms with Crippen molar-refractivity contribution >= 4 is 44.2 Å². The average Bonchev–Trinajstić information content (AvgIpc) is 3.40. The molecule has 0 unspecified atom stereocenters. The van der Waals surface area contributed by atoms with Crippen molar-refractivity contribution in [3.05, 3.63) is 60.6 Å². The van der Waals surface area contributed by atoms with Gasteiger partial charge in [0.1, 0.15) is 11.2 Å². The molecule has 126 valence electrons. The molecule has 0 atom stereocenters. The van der Waals surface area contributed by atoms with Crippen LogP contribution in [0.25, 0.3) is 32.4 Å². The van der Waals surface area contributed by atoms with Gasteiger partial charge < -0.3 is 9.73 Å². The second kappa shape index (κ2) is 5.78. The summed E-state index contributed by atoms with van der Waals surface area (Å²) in [5.41, 5.74) is 4.48. The van der Waals surface area contributed by atoms with Crippen LogP contribution in [-0.4, -0.2) is 25.7 Å². The summed E-state index contributed by atoms with van der Waals surface area (Å²) in [7, 11) is 0. The summed E-state index contributed by atoms with van der Waals surface area (Å²) < 4.78 is 9.97. The molecule has 0 radical (unpaired) electrons. The Balaban J connectivity index is 1.48. The van der Waals surface area contributed by atoms with Crippen LogP contribution in [0.15, 0.2) is 59.4 Å². The van der Waals surface area contributed by atoms with E-state index in [-0.39, 0.29) is 5.91 Å². The van der Waals surface area contributed by atoms with Crippen molar-refractivity contribution in [1.82, 2.24) is 19.8 Å². The fourth-order valence-electron chi connectivity index (χ4n) is 2.84. The fourth-order valence-corrected chi connectivity index (χ4v) is 3.38. The van der Waals surface area contributed by atoms with E-state index in [4.69, 9.17) is 4.42 Å². The molecule has 2 aromatic carbocycles. The first-order chi connectivity index (χ1) is 12.8. The van der Waals surface area contributed by atoms with Crippen molar-refractivity contribution in [2.75, 3.05) is 5.32 Å². The van der Waals surface area contributed by atoms with Crippen LogP contribution in [0.1, 0.15) is 10.4 Å². The summed E-state index contributed by atoms with van der Waals surface area (Å²) in [5, 5.41) is 15.2. The third-order valence-electron chi connectivity index (χ3n) is 4.12. The number of carbonyl (C=O) groups excluding carboxylic acids is 1. The van der Waals surface area contributed by atoms with Crippen molar-refractivity contribution in [3.8, 4) is 11.3 Å². The number of hydrogen-bond acceptors (Lipinski definition) is 6. The Labute approximate surface area is 150 Å². The molecule has 0 spiro atoms. The molecular weight excluding hydrogens is 350 g/mol. The predicted molar refractivity (Wildman–Crippen MR) is 99.2 cm³/mol. The number of amides is 1. The smallest absolute Gasteiger partial charge is 0.255 e. The van der Waals surface area contributed by atoms with Crippen LogP contribution in [0.2, 0.25) is 0 Å². The number of carbonyl (C=O) groups is 1. The Morgan fingerprint density at radius 2 is 2.12 bits per heavy atom. The van der Waals surface area contributed by atoms with Gasteiger partial charge in [-0.3, -0.25) is 9.89 Å². The van der Waals surface area contributed by atoms with Gasteiger partial charge in [0.25, 0.3) is 5.91 Å². The minimum atomic E-state index is -0.201. The Morgan fingerprint density at radius 1 is 1.15 bits per heavy atom. The van der Waals surface area contributed by atoms with E-state index in [0.717, 1.165) is 32.4 Å². The van der Waals surface area contributed by atoms with Crippen LogP contribution in [0, 0.1) is 0 Å². The Kier molecular flexibility index (Phi) is 3.29. The number of aromatic amines is 1. The summed E-state index contributed by atoms with van der Waals surface area (Å²) in [6.07, 6.45) is 3.24. The van der Waals surface area contributed by atoms with Gasteiger partial charge in [0, 0.05) is 22.2 Å². The van der Waals surface area contributed by atoms with Crippen molar-refractivity contribution in [2.24, 2.45) is 0 Å². The van der Waals surface area contributed by atoms with Crippen molar-refractivity contribution in [2.45, 2.75) is 0 Å². The standard InChI is InChI=1S/C18H11N5O2S/c24-18(10-1-4-16-15(7-10)21-23-26-16)19-12-2-3-14-13(8-12)17(22-20-14)11-5-6-25-9-11/h1-9H,(H,19,24)(H,20,22). The predicted octanol–water partition coefficient (Wildman–Crippen LogP) is 4.08. The molecule has 2 N–H and O–H groups in total. The number of aromatic nitrogens is 4. The zero-order valence-electron chi connectivity index (χ0n) is 13.3. The van der Waals surface area contributed by atoms with Gasteiger partial charge in [0.15, 0.2) is 0 Å². The number of hydrogen-bond donors (Lipinski definition) is 2. The minimum Gasteiger partial charge on any atom is -0.472 e. The molecule has 0 saturated carbocycles. The molecule has 1 amide bonds. The van der Waals surface area contributed by atoms with Gasteiger partial charge in [-0.1, -0.05) is 4.49 Å². The van der Waals surface area contributed by atoms with E-state index in [0.29, 0.717) is 11.3 Å². The lowest BCUT2D eigenvalue weighted by atomic mass is 10.1. The van der Waals surface area contributed by atoms with Crippen LogP contribution in [0.4, 0.5) is 5.69 Å². The van der Waals surface area contributed by atoms with Crippen LogP contribution in [0.5, 0.6) is 0 Å². The van der Waals surface area contributed by atoms with E-state index < -0.39 is 0 Å². The molecule has 0 aliphatic carbocycles. The number of rotatable bonds is 3. The zero-order valence-corrected chi connectivity index (χ0v) is 14.1. The molecule has 0 aliphatic heterocycles. The first-order valence-electron chi connectivity index (χ1n) is 7.82. The molecular formula is C18H11N5O2S. The first-order valence-corrected chi connectivity index (χ1v) is 8.59. The highest BCUT2D eigenvalue weighted by molar-refractivity contribution is 7.12. The monoisotopic (exact) mass is 361 g/mol. The number of H-pyrrole nitrogens is 1. The third kappa shape index (κ3) is 2.44. The van der Waals surface area contributed by atoms with Crippen LogP contribution in [-0.2, 0) is 0 Å². The van der Waals surface area contributed by atoms with E-state index in [9.17, 15) is 4.79 Å². The fraction of sp³-hybridized carbons (Fsp3) is 0. The van der Waals surface area contributed by atoms with E-state index in [2.05, 4.69) is 25.1 Å². The zero-order chi connectivity index (χ0) is 17.5. The van der Waals surface area contributed by atoms with Gasteiger partial charge in [0.05, 0.1) is 22.7 Å². The number of benzene rings is 2. The quantitative estimate of drug-likeness (QED) is 0.505. The lowest BCUT2D eigenvalue weighted by Crippen LogP contribution is -2.11. The van der Waals surface area contributed by atoms with Gasteiger partial charge in [-0.2, -0.15) is 5.10 Å². The summed E-state index contributed by atoms with van der Waals surface area (Å²) in [5.74, 6) is -0.201. The van der Waals surface area contributed by atoms with E-state index in [1.165, 1.54) is 11.5 Å². The number of furan rings is 1. The highest BCUT2D eigenvalue weighted by atomic mass is 32.1. The topological polar surface area (TPSA) is 96.7 Å². The maximum absolute atomic E-state index is 12.6. The summed E-state index contributed by atoms with van der Waals surface area (Å²) in [4.78, 5) is 12.6. The lowest BCUT2D eigenvalue weighted by molar-refractivity contribution is 0.102. The molecule has 0 bridgehead atoms. The highest BCUT2D eigenvalue weighted by Crippen LogP contribution is 2.29. The van der Waals surface area contributed by atoms with Crippen molar-refractivity contribution < 1.29 is 9.21 Å². The van der Waals surface area contributed by atoms with E-state index >= 15 is 0 Å². The average molecular weight is 361 g/mol. The lowest BCUT2D eigenvalue weighted by Gasteiger charge is -2.06. The van der Waals surface area contributed by atoms with Crippen LogP contribution in [0.3, 0.4) is 0 Å². The van der Waals surface area contributed by atoms with Crippen LogP contribution < -0.4 is 5.32 Å². The molecule has 5 aromatic rings. The Bertz CT molecular complexity index is 1240. The molecule has 3 heterocycles. The summed E-state index contributed by atoms with van der Waals surface area (Å²) in [6.45, 7) is 0. The van der Waals surface area contributed by atoms with Gasteiger partial charge in [-0.25, -0.2) is 0 Å². The summed E-state index contributed by atoms with van der Waals surface area (Å²) >= 11 is 1.30. The molecule has 5 rings (SSSR count). The second-order valence-corrected chi connectivity index (χ2v) is 6.54. The first kappa shape index (κ1) is 14.8. The highest BCUT2D eigenvalue weighted by Gasteiger charge is 2.12. The maximum Gasteiger partial charge on any atom is 0.255 e. The number of fused-ring (bicyclic) bond motifs is 2. The number of anilines is 1. The normalized spacial score (nSPS) is 11.2. The molecule has 8 heteroatoms. The molecule has 0 aliphatic rings.